The van der Waals surface area contributed by atoms with Crippen LogP contribution in [0.5, 0.6) is 0 Å². The van der Waals surface area contributed by atoms with Crippen LogP contribution in [0.25, 0.3) is 0 Å². The molecule has 0 aliphatic carbocycles. The van der Waals surface area contributed by atoms with Gasteiger partial charge in [0.25, 0.3) is 0 Å². The van der Waals surface area contributed by atoms with E-state index >= 15 is 0 Å². The number of nitrogens with zero attached hydrogens (tertiary/aromatic N) is 1. The summed E-state index contributed by atoms with van der Waals surface area (Å²) in [5.74, 6) is -2.93. The van der Waals surface area contributed by atoms with E-state index in [1.54, 1.807) is 30.3 Å². The number of para-hydroxylation sites is 1. The van der Waals surface area contributed by atoms with Crippen LogP contribution in [0.3, 0.4) is 0 Å². The number of amides is 2. The van der Waals surface area contributed by atoms with Gasteiger partial charge in [-0.25, -0.2) is 4.90 Å². The number of benzene rings is 2. The number of carbonyl (C=O) groups excluding carboxylic acids is 2. The van der Waals surface area contributed by atoms with Gasteiger partial charge in [0, 0.05) is 10.8 Å². The summed E-state index contributed by atoms with van der Waals surface area (Å²) in [5, 5.41) is -0.450. The minimum absolute atomic E-state index is 0.308. The van der Waals surface area contributed by atoms with E-state index in [9.17, 15) is 27.6 Å². The van der Waals surface area contributed by atoms with Gasteiger partial charge in [-0.2, -0.15) is 13.2 Å². The van der Waals surface area contributed by atoms with Crippen molar-refractivity contribution in [2.45, 2.75) is 22.4 Å². The number of carbonyl (C=O) groups is 2. The normalized spacial score (nSPS) is 23.1. The molecule has 1 fully saturated rings. The molecule has 5 nitrogen and oxygen atoms in total. The predicted molar refractivity (Wildman–Crippen MR) is 110 cm³/mol. The lowest BCUT2D eigenvalue weighted by atomic mass is 9.83. The molecule has 158 valence electrons. The zero-order chi connectivity index (χ0) is 21.9. The number of imide groups is 1. The minimum Gasteiger partial charge on any atom is -0.307 e. The number of aromatic nitrogens is 1. The van der Waals surface area contributed by atoms with Crippen LogP contribution in [0.1, 0.15) is 21.9 Å². The van der Waals surface area contributed by atoms with Crippen molar-refractivity contribution in [1.82, 2.24) is 4.98 Å². The highest BCUT2D eigenvalue weighted by Crippen LogP contribution is 2.53. The molecular formula is C21H13F3N2O3S2. The number of nitrogens with one attached hydrogen (secondary N) is 1. The maximum Gasteiger partial charge on any atom is 0.418 e. The fraction of sp³-hybridized carbons (Fsp3) is 0.190. The highest BCUT2D eigenvalue weighted by Gasteiger charge is 2.57. The Morgan fingerprint density at radius 1 is 0.903 bits per heavy atom. The minimum atomic E-state index is -4.72. The zero-order valence-electron chi connectivity index (χ0n) is 15.6. The van der Waals surface area contributed by atoms with Crippen molar-refractivity contribution in [2.24, 2.45) is 5.92 Å². The largest absolute Gasteiger partial charge is 0.418 e. The molecule has 2 aliphatic rings. The van der Waals surface area contributed by atoms with Crippen LogP contribution in [-0.4, -0.2) is 22.0 Å². The van der Waals surface area contributed by atoms with Crippen molar-refractivity contribution < 1.29 is 22.8 Å². The average molecular weight is 462 g/mol. The summed E-state index contributed by atoms with van der Waals surface area (Å²) in [6, 6.07) is 13.5. The van der Waals surface area contributed by atoms with Crippen molar-refractivity contribution >= 4 is 40.6 Å². The zero-order valence-corrected chi connectivity index (χ0v) is 17.2. The Morgan fingerprint density at radius 3 is 2.29 bits per heavy atom. The highest BCUT2D eigenvalue weighted by atomic mass is 32.2. The summed E-state index contributed by atoms with van der Waals surface area (Å²) < 4.78 is 40.8. The molecule has 2 aliphatic heterocycles. The molecule has 1 saturated heterocycles. The monoisotopic (exact) mass is 462 g/mol. The quantitative estimate of drug-likeness (QED) is 0.578. The molecule has 0 unspecified atom stereocenters. The second kappa shape index (κ2) is 7.10. The van der Waals surface area contributed by atoms with Crippen LogP contribution < -0.4 is 9.77 Å². The van der Waals surface area contributed by atoms with E-state index in [0.717, 1.165) is 40.8 Å². The van der Waals surface area contributed by atoms with Crippen molar-refractivity contribution in [1.29, 1.82) is 0 Å². The molecule has 0 radical (unpaired) electrons. The van der Waals surface area contributed by atoms with Gasteiger partial charge < -0.3 is 4.98 Å². The third kappa shape index (κ3) is 3.12. The van der Waals surface area contributed by atoms with Gasteiger partial charge in [-0.1, -0.05) is 65.6 Å². The van der Waals surface area contributed by atoms with E-state index in [1.165, 1.54) is 12.1 Å². The lowest BCUT2D eigenvalue weighted by Crippen LogP contribution is -2.33. The van der Waals surface area contributed by atoms with Crippen LogP contribution in [0.2, 0.25) is 0 Å². The maximum absolute atomic E-state index is 13.6. The molecule has 10 heteroatoms. The Balaban J connectivity index is 1.67. The molecule has 2 amide bonds. The van der Waals surface area contributed by atoms with Gasteiger partial charge in [0.2, 0.25) is 11.8 Å². The smallest absolute Gasteiger partial charge is 0.307 e. The SMILES string of the molecule is O=C1[C@H]2[C@H](c3ccccc3)c3sc(=O)[nH]c3S[C@H]2C(=O)N1c1ccccc1C(F)(F)F. The first-order valence-corrected chi connectivity index (χ1v) is 11.0. The van der Waals surface area contributed by atoms with Crippen molar-refractivity contribution in [3.8, 4) is 0 Å². The number of alkyl halides is 3. The topological polar surface area (TPSA) is 70.2 Å². The molecule has 31 heavy (non-hydrogen) atoms. The van der Waals surface area contributed by atoms with Crippen LogP contribution in [-0.2, 0) is 15.8 Å². The van der Waals surface area contributed by atoms with Gasteiger partial charge in [0.15, 0.2) is 0 Å². The number of aromatic amines is 1. The molecule has 0 spiro atoms. The first kappa shape index (κ1) is 20.1. The van der Waals surface area contributed by atoms with Crippen LogP contribution >= 0.6 is 23.1 Å². The van der Waals surface area contributed by atoms with Gasteiger partial charge in [0.1, 0.15) is 5.25 Å². The van der Waals surface area contributed by atoms with Crippen molar-refractivity contribution in [3.05, 3.63) is 80.3 Å². The molecule has 5 rings (SSSR count). The van der Waals surface area contributed by atoms with E-state index in [0.29, 0.717) is 14.8 Å². The fourth-order valence-electron chi connectivity index (χ4n) is 4.18. The predicted octanol–water partition coefficient (Wildman–Crippen LogP) is 4.25. The number of anilines is 1. The molecule has 1 N–H and O–H groups in total. The summed E-state index contributed by atoms with van der Waals surface area (Å²) in [6.07, 6.45) is -4.72. The van der Waals surface area contributed by atoms with Crippen molar-refractivity contribution in [3.63, 3.8) is 0 Å². The van der Waals surface area contributed by atoms with Gasteiger partial charge >= 0.3 is 11.0 Å². The number of hydrogen-bond donors (Lipinski definition) is 1. The lowest BCUT2D eigenvalue weighted by Gasteiger charge is -2.29. The molecule has 2 aromatic carbocycles. The Kier molecular flexibility index (Phi) is 4.60. The average Bonchev–Trinajstić information content (AvgIpc) is 3.23. The highest BCUT2D eigenvalue weighted by molar-refractivity contribution is 8.00. The fourth-order valence-corrected chi connectivity index (χ4v) is 6.70. The maximum atomic E-state index is 13.6. The summed E-state index contributed by atoms with van der Waals surface area (Å²) in [6.45, 7) is 0. The second-order valence-electron chi connectivity index (χ2n) is 7.19. The van der Waals surface area contributed by atoms with Gasteiger partial charge in [-0.15, -0.1) is 0 Å². The number of halogens is 3. The molecule has 0 bridgehead atoms. The van der Waals surface area contributed by atoms with E-state index < -0.39 is 46.3 Å². The van der Waals surface area contributed by atoms with E-state index in [4.69, 9.17) is 0 Å². The number of thioether (sulfide) groups is 1. The molecule has 3 aromatic rings. The van der Waals surface area contributed by atoms with Crippen LogP contribution in [0, 0.1) is 5.92 Å². The summed E-state index contributed by atoms with van der Waals surface area (Å²) >= 11 is 1.99. The van der Waals surface area contributed by atoms with E-state index in [2.05, 4.69) is 4.98 Å². The first-order chi connectivity index (χ1) is 14.8. The van der Waals surface area contributed by atoms with E-state index in [-0.39, 0.29) is 4.87 Å². The molecule has 3 atom stereocenters. The molecular weight excluding hydrogens is 449 g/mol. The first-order valence-electron chi connectivity index (χ1n) is 9.26. The second-order valence-corrected chi connectivity index (χ2v) is 9.35. The van der Waals surface area contributed by atoms with Gasteiger partial charge in [-0.05, 0) is 17.7 Å². The summed E-state index contributed by atoms with van der Waals surface area (Å²) in [4.78, 5) is 42.4. The van der Waals surface area contributed by atoms with Crippen LogP contribution in [0.4, 0.5) is 18.9 Å². The Morgan fingerprint density at radius 2 is 1.58 bits per heavy atom. The molecule has 3 heterocycles. The molecule has 0 saturated carbocycles. The van der Waals surface area contributed by atoms with Crippen LogP contribution in [0.15, 0.2) is 64.4 Å². The third-order valence-electron chi connectivity index (χ3n) is 5.43. The standard InChI is InChI=1S/C21H13F3N2O3S2/c22-21(23,24)11-8-4-5-9-12(11)26-18(27)14-13(10-6-2-1-3-7-10)15-17(25-20(29)31-15)30-16(14)19(26)28/h1-9,13-14,16H,(H,25,29)/t13-,14-,16+/m0/s1. The third-order valence-corrected chi connectivity index (χ3v) is 7.83. The number of hydrogen-bond acceptors (Lipinski definition) is 5. The number of H-pyrrole nitrogens is 1. The van der Waals surface area contributed by atoms with Gasteiger partial charge in [-0.3, -0.25) is 14.4 Å². The van der Waals surface area contributed by atoms with Crippen molar-refractivity contribution in [2.75, 3.05) is 4.90 Å². The Labute approximate surface area is 181 Å². The molecule has 1 aromatic heterocycles. The van der Waals surface area contributed by atoms with Gasteiger partial charge in [0.05, 0.1) is 22.2 Å². The Hall–Kier alpha value is -2.85. The Bertz CT molecular complexity index is 1250. The lowest BCUT2D eigenvalue weighted by molar-refractivity contribution is -0.137. The number of fused-ring (bicyclic) bond motifs is 2. The van der Waals surface area contributed by atoms with E-state index in [1.807, 2.05) is 0 Å². The summed E-state index contributed by atoms with van der Waals surface area (Å²) in [7, 11) is 0. The summed E-state index contributed by atoms with van der Waals surface area (Å²) in [5.41, 5.74) is -0.787. The number of rotatable bonds is 2. The number of thiazole rings is 1.